The van der Waals surface area contributed by atoms with Crippen LogP contribution < -0.4 is 4.74 Å². The van der Waals surface area contributed by atoms with Crippen LogP contribution in [0.5, 0.6) is 5.75 Å². The summed E-state index contributed by atoms with van der Waals surface area (Å²) in [5.41, 5.74) is 1.89. The third-order valence-corrected chi connectivity index (χ3v) is 4.79. The fourth-order valence-electron chi connectivity index (χ4n) is 3.45. The number of amides is 1. The van der Waals surface area contributed by atoms with Crippen LogP contribution in [-0.4, -0.2) is 42.1 Å². The molecule has 26 heavy (non-hydrogen) atoms. The maximum atomic E-state index is 13.6. The Kier molecular flexibility index (Phi) is 4.93. The van der Waals surface area contributed by atoms with Gasteiger partial charge in [-0.2, -0.15) is 0 Å². The van der Waals surface area contributed by atoms with Crippen molar-refractivity contribution in [3.63, 3.8) is 0 Å². The Morgan fingerprint density at radius 1 is 1.19 bits per heavy atom. The van der Waals surface area contributed by atoms with E-state index in [2.05, 4.69) is 0 Å². The summed E-state index contributed by atoms with van der Waals surface area (Å²) in [7, 11) is 1.49. The molecule has 0 bridgehead atoms. The molecule has 1 aliphatic heterocycles. The number of halogens is 1. The van der Waals surface area contributed by atoms with E-state index in [0.29, 0.717) is 16.9 Å². The molecule has 1 amide bonds. The van der Waals surface area contributed by atoms with Gasteiger partial charge in [-0.05, 0) is 36.8 Å². The van der Waals surface area contributed by atoms with Crippen LogP contribution in [0.2, 0.25) is 0 Å². The molecule has 1 saturated heterocycles. The van der Waals surface area contributed by atoms with Crippen LogP contribution in [0.25, 0.3) is 0 Å². The zero-order valence-electron chi connectivity index (χ0n) is 14.6. The highest BCUT2D eigenvalue weighted by Gasteiger charge is 2.41. The lowest BCUT2D eigenvalue weighted by Crippen LogP contribution is -2.30. The molecule has 0 unspecified atom stereocenters. The number of nitrogens with zero attached hydrogens (tertiary/aromatic N) is 1. The summed E-state index contributed by atoms with van der Waals surface area (Å²) < 4.78 is 18.8. The van der Waals surface area contributed by atoms with E-state index in [0.717, 1.165) is 5.56 Å². The van der Waals surface area contributed by atoms with Gasteiger partial charge in [0.25, 0.3) is 5.91 Å². The third-order valence-electron chi connectivity index (χ3n) is 4.79. The minimum absolute atomic E-state index is 0.0758. The van der Waals surface area contributed by atoms with Crippen LogP contribution >= 0.6 is 0 Å². The average molecular weight is 357 g/mol. The minimum Gasteiger partial charge on any atom is -0.496 e. The Balaban J connectivity index is 1.92. The Morgan fingerprint density at radius 2 is 1.96 bits per heavy atom. The first-order chi connectivity index (χ1) is 12.4. The number of carboxylic acids is 1. The van der Waals surface area contributed by atoms with E-state index in [1.54, 1.807) is 24.3 Å². The number of likely N-dealkylation sites (tertiary alicyclic amines) is 1. The third kappa shape index (κ3) is 3.40. The smallest absolute Gasteiger partial charge is 0.308 e. The lowest BCUT2D eigenvalue weighted by Gasteiger charge is -2.18. The van der Waals surface area contributed by atoms with Gasteiger partial charge in [0.2, 0.25) is 0 Å². The van der Waals surface area contributed by atoms with Crippen molar-refractivity contribution in [2.45, 2.75) is 12.8 Å². The molecule has 1 aliphatic rings. The number of methoxy groups -OCH3 is 1. The second-order valence-electron chi connectivity index (χ2n) is 6.52. The van der Waals surface area contributed by atoms with Gasteiger partial charge in [-0.15, -0.1) is 0 Å². The number of hydrogen-bond acceptors (Lipinski definition) is 3. The van der Waals surface area contributed by atoms with Gasteiger partial charge in [-0.3, -0.25) is 9.59 Å². The summed E-state index contributed by atoms with van der Waals surface area (Å²) in [5, 5.41) is 9.57. The van der Waals surface area contributed by atoms with Crippen LogP contribution in [0, 0.1) is 18.7 Å². The molecule has 0 saturated carbocycles. The summed E-state index contributed by atoms with van der Waals surface area (Å²) in [4.78, 5) is 26.2. The predicted octanol–water partition coefficient (Wildman–Crippen LogP) is 3.08. The zero-order valence-corrected chi connectivity index (χ0v) is 14.6. The van der Waals surface area contributed by atoms with Gasteiger partial charge in [-0.1, -0.05) is 23.8 Å². The van der Waals surface area contributed by atoms with Crippen LogP contribution in [-0.2, 0) is 4.79 Å². The molecule has 6 heteroatoms. The van der Waals surface area contributed by atoms with E-state index in [1.165, 1.54) is 24.1 Å². The predicted molar refractivity (Wildman–Crippen MR) is 93.9 cm³/mol. The van der Waals surface area contributed by atoms with Crippen molar-refractivity contribution in [2.24, 2.45) is 5.92 Å². The van der Waals surface area contributed by atoms with E-state index in [9.17, 15) is 19.1 Å². The van der Waals surface area contributed by atoms with Gasteiger partial charge < -0.3 is 14.7 Å². The molecular weight excluding hydrogens is 337 g/mol. The molecule has 0 radical (unpaired) electrons. The molecular formula is C20H20FNO4. The number of carbonyl (C=O) groups is 2. The highest BCUT2D eigenvalue weighted by molar-refractivity contribution is 5.97. The highest BCUT2D eigenvalue weighted by Crippen LogP contribution is 2.35. The largest absolute Gasteiger partial charge is 0.496 e. The molecule has 2 aromatic rings. The molecule has 0 aromatic heterocycles. The summed E-state index contributed by atoms with van der Waals surface area (Å²) in [6.45, 7) is 2.17. The van der Waals surface area contributed by atoms with E-state index < -0.39 is 23.6 Å². The van der Waals surface area contributed by atoms with E-state index in [1.807, 2.05) is 13.0 Å². The van der Waals surface area contributed by atoms with Crippen molar-refractivity contribution < 1.29 is 23.8 Å². The quantitative estimate of drug-likeness (QED) is 0.913. The number of aliphatic carboxylic acids is 1. The summed E-state index contributed by atoms with van der Waals surface area (Å²) in [5.74, 6) is -2.49. The number of hydrogen-bond donors (Lipinski definition) is 1. The normalized spacial score (nSPS) is 19.4. The Bertz CT molecular complexity index is 851. The summed E-state index contributed by atoms with van der Waals surface area (Å²) >= 11 is 0. The van der Waals surface area contributed by atoms with Crippen LogP contribution in [0.3, 0.4) is 0 Å². The first kappa shape index (κ1) is 17.9. The molecule has 2 aromatic carbocycles. The molecule has 0 spiro atoms. The molecule has 3 rings (SSSR count). The molecule has 0 aliphatic carbocycles. The van der Waals surface area contributed by atoms with Gasteiger partial charge in [-0.25, -0.2) is 4.39 Å². The van der Waals surface area contributed by atoms with Crippen molar-refractivity contribution >= 4 is 11.9 Å². The Morgan fingerprint density at radius 3 is 2.62 bits per heavy atom. The molecule has 1 heterocycles. The Hall–Kier alpha value is -2.89. The maximum absolute atomic E-state index is 13.6. The molecule has 5 nitrogen and oxygen atoms in total. The lowest BCUT2D eigenvalue weighted by molar-refractivity contribution is -0.141. The molecule has 1 fully saturated rings. The number of benzene rings is 2. The summed E-state index contributed by atoms with van der Waals surface area (Å²) in [6.07, 6.45) is 0. The first-order valence-electron chi connectivity index (χ1n) is 8.33. The van der Waals surface area contributed by atoms with Crippen molar-refractivity contribution in [1.29, 1.82) is 0 Å². The van der Waals surface area contributed by atoms with Crippen molar-refractivity contribution in [3.05, 3.63) is 65.0 Å². The second-order valence-corrected chi connectivity index (χ2v) is 6.52. The van der Waals surface area contributed by atoms with E-state index in [-0.39, 0.29) is 19.0 Å². The molecule has 2 atom stereocenters. The maximum Gasteiger partial charge on any atom is 0.308 e. The first-order valence-corrected chi connectivity index (χ1v) is 8.33. The fourth-order valence-corrected chi connectivity index (χ4v) is 3.45. The standard InChI is InChI=1S/C20H20FNO4/c1-12-6-7-18(26-2)15(8-12)19(23)22-10-16(17(11-22)20(24)25)13-4-3-5-14(21)9-13/h3-9,16-17H,10-11H2,1-2H3,(H,24,25)/t16-,17+/m0/s1. The van der Waals surface area contributed by atoms with Gasteiger partial charge in [0, 0.05) is 19.0 Å². The second kappa shape index (κ2) is 7.15. The fraction of sp³-hybridized carbons (Fsp3) is 0.300. The average Bonchev–Trinajstić information content (AvgIpc) is 3.07. The van der Waals surface area contributed by atoms with Crippen LogP contribution in [0.4, 0.5) is 4.39 Å². The van der Waals surface area contributed by atoms with Crippen LogP contribution in [0.1, 0.15) is 27.4 Å². The van der Waals surface area contributed by atoms with Gasteiger partial charge in [0.1, 0.15) is 11.6 Å². The molecule has 1 N–H and O–H groups in total. The van der Waals surface area contributed by atoms with Crippen molar-refractivity contribution in [1.82, 2.24) is 4.90 Å². The van der Waals surface area contributed by atoms with Crippen molar-refractivity contribution in [2.75, 3.05) is 20.2 Å². The highest BCUT2D eigenvalue weighted by atomic mass is 19.1. The van der Waals surface area contributed by atoms with Crippen LogP contribution in [0.15, 0.2) is 42.5 Å². The molecule has 136 valence electrons. The Labute approximate surface area is 151 Å². The number of carboxylic acid groups (broad SMARTS) is 1. The van der Waals surface area contributed by atoms with Gasteiger partial charge in [0.05, 0.1) is 18.6 Å². The monoisotopic (exact) mass is 357 g/mol. The number of rotatable bonds is 4. The van der Waals surface area contributed by atoms with E-state index in [4.69, 9.17) is 4.74 Å². The minimum atomic E-state index is -0.995. The SMILES string of the molecule is COc1ccc(C)cc1C(=O)N1C[C@@H](C(=O)O)[C@H](c2cccc(F)c2)C1. The number of aryl methyl sites for hydroxylation is 1. The lowest BCUT2D eigenvalue weighted by atomic mass is 9.89. The topological polar surface area (TPSA) is 66.8 Å². The van der Waals surface area contributed by atoms with E-state index >= 15 is 0 Å². The van der Waals surface area contributed by atoms with Gasteiger partial charge >= 0.3 is 5.97 Å². The van der Waals surface area contributed by atoms with Gasteiger partial charge in [0.15, 0.2) is 0 Å². The summed E-state index contributed by atoms with van der Waals surface area (Å²) in [6, 6.07) is 11.2. The van der Waals surface area contributed by atoms with Crippen molar-refractivity contribution in [3.8, 4) is 5.75 Å². The zero-order chi connectivity index (χ0) is 18.8. The number of carbonyl (C=O) groups excluding carboxylic acids is 1. The number of ether oxygens (including phenoxy) is 1.